The van der Waals surface area contributed by atoms with Crippen molar-refractivity contribution in [3.8, 4) is 5.88 Å². The van der Waals surface area contributed by atoms with Gasteiger partial charge in [-0.1, -0.05) is 6.07 Å². The van der Waals surface area contributed by atoms with Crippen LogP contribution in [0.4, 0.5) is 0 Å². The van der Waals surface area contributed by atoms with Gasteiger partial charge in [0.2, 0.25) is 5.88 Å². The first kappa shape index (κ1) is 16.6. The van der Waals surface area contributed by atoms with Crippen molar-refractivity contribution in [2.45, 2.75) is 58.6 Å². The molecule has 1 N–H and O–H groups in total. The Bertz CT molecular complexity index is 698. The first-order valence-corrected chi connectivity index (χ1v) is 8.48. The van der Waals surface area contributed by atoms with Crippen molar-refractivity contribution in [3.63, 3.8) is 0 Å². The van der Waals surface area contributed by atoms with Gasteiger partial charge in [0.05, 0.1) is 5.56 Å². The number of aryl methyl sites for hydroxylation is 3. The number of nitrogens with zero attached hydrogens (tertiary/aromatic N) is 1. The van der Waals surface area contributed by atoms with Gasteiger partial charge < -0.3 is 14.5 Å². The second-order valence-corrected chi connectivity index (χ2v) is 6.57. The Kier molecular flexibility index (Phi) is 4.88. The number of ether oxygens (including phenoxy) is 1. The summed E-state index contributed by atoms with van der Waals surface area (Å²) < 4.78 is 11.4. The van der Waals surface area contributed by atoms with Crippen molar-refractivity contribution >= 4 is 5.91 Å². The molecule has 0 aromatic carbocycles. The SMILES string of the molecule is Cc1ccc(OC2CCC(NC(=O)c3cc(C)oc3C)CC2)nc1. The first-order chi connectivity index (χ1) is 11.5. The first-order valence-electron chi connectivity index (χ1n) is 8.48. The van der Waals surface area contributed by atoms with Gasteiger partial charge in [0.15, 0.2) is 0 Å². The van der Waals surface area contributed by atoms with Gasteiger partial charge in [0.25, 0.3) is 5.91 Å². The molecule has 1 fully saturated rings. The topological polar surface area (TPSA) is 64.4 Å². The molecule has 0 radical (unpaired) electrons. The summed E-state index contributed by atoms with van der Waals surface area (Å²) in [7, 11) is 0. The fourth-order valence-electron chi connectivity index (χ4n) is 3.14. The number of amides is 1. The fourth-order valence-corrected chi connectivity index (χ4v) is 3.14. The predicted octanol–water partition coefficient (Wildman–Crippen LogP) is 3.72. The van der Waals surface area contributed by atoms with Crippen molar-refractivity contribution in [3.05, 3.63) is 47.0 Å². The molecule has 1 aliphatic rings. The number of nitrogens with one attached hydrogen (secondary N) is 1. The molecule has 5 nitrogen and oxygen atoms in total. The second-order valence-electron chi connectivity index (χ2n) is 6.57. The van der Waals surface area contributed by atoms with Crippen molar-refractivity contribution in [1.29, 1.82) is 0 Å². The van der Waals surface area contributed by atoms with E-state index < -0.39 is 0 Å². The summed E-state index contributed by atoms with van der Waals surface area (Å²) in [4.78, 5) is 16.6. The number of carbonyl (C=O) groups excluding carboxylic acids is 1. The van der Waals surface area contributed by atoms with Crippen molar-refractivity contribution in [2.24, 2.45) is 0 Å². The molecule has 3 rings (SSSR count). The molecule has 0 aliphatic heterocycles. The minimum atomic E-state index is -0.0473. The molecule has 1 saturated carbocycles. The average Bonchev–Trinajstić information content (AvgIpc) is 2.90. The summed E-state index contributed by atoms with van der Waals surface area (Å²) >= 11 is 0. The number of furan rings is 1. The van der Waals surface area contributed by atoms with E-state index >= 15 is 0 Å². The average molecular weight is 328 g/mol. The van der Waals surface area contributed by atoms with Crippen LogP contribution in [0.15, 0.2) is 28.8 Å². The highest BCUT2D eigenvalue weighted by molar-refractivity contribution is 5.95. The van der Waals surface area contributed by atoms with Gasteiger partial charge in [0.1, 0.15) is 17.6 Å². The molecule has 0 spiro atoms. The summed E-state index contributed by atoms with van der Waals surface area (Å²) in [5.41, 5.74) is 1.76. The van der Waals surface area contributed by atoms with E-state index in [4.69, 9.17) is 9.15 Å². The third-order valence-corrected chi connectivity index (χ3v) is 4.47. The van der Waals surface area contributed by atoms with Crippen LogP contribution in [0.25, 0.3) is 0 Å². The highest BCUT2D eigenvalue weighted by atomic mass is 16.5. The highest BCUT2D eigenvalue weighted by Gasteiger charge is 2.25. The maximum Gasteiger partial charge on any atom is 0.255 e. The monoisotopic (exact) mass is 328 g/mol. The number of aromatic nitrogens is 1. The molecule has 0 atom stereocenters. The van der Waals surface area contributed by atoms with E-state index in [2.05, 4.69) is 10.3 Å². The molecule has 0 bridgehead atoms. The lowest BCUT2D eigenvalue weighted by molar-refractivity contribution is 0.0888. The molecular formula is C19H24N2O3. The minimum absolute atomic E-state index is 0.0473. The Morgan fingerprint density at radius 3 is 2.54 bits per heavy atom. The van der Waals surface area contributed by atoms with Gasteiger partial charge >= 0.3 is 0 Å². The van der Waals surface area contributed by atoms with Crippen LogP contribution in [0.5, 0.6) is 5.88 Å². The maximum absolute atomic E-state index is 12.3. The number of carbonyl (C=O) groups is 1. The van der Waals surface area contributed by atoms with Gasteiger partial charge in [-0.05, 0) is 58.1 Å². The van der Waals surface area contributed by atoms with E-state index in [9.17, 15) is 4.79 Å². The van der Waals surface area contributed by atoms with Gasteiger partial charge in [0, 0.05) is 18.3 Å². The van der Waals surface area contributed by atoms with Crippen LogP contribution < -0.4 is 10.1 Å². The molecule has 2 aromatic rings. The molecular weight excluding hydrogens is 304 g/mol. The molecule has 5 heteroatoms. The van der Waals surface area contributed by atoms with E-state index in [1.807, 2.05) is 39.1 Å². The van der Waals surface area contributed by atoms with Gasteiger partial charge in [-0.25, -0.2) is 4.98 Å². The Morgan fingerprint density at radius 1 is 1.21 bits per heavy atom. The number of pyridine rings is 1. The van der Waals surface area contributed by atoms with Crippen LogP contribution in [0.1, 0.15) is 53.1 Å². The fraction of sp³-hybridized carbons (Fsp3) is 0.474. The van der Waals surface area contributed by atoms with E-state index in [-0.39, 0.29) is 18.1 Å². The molecule has 1 aliphatic carbocycles. The van der Waals surface area contributed by atoms with E-state index in [1.165, 1.54) is 0 Å². The van der Waals surface area contributed by atoms with Crippen LogP contribution in [0.3, 0.4) is 0 Å². The van der Waals surface area contributed by atoms with Gasteiger partial charge in [-0.3, -0.25) is 4.79 Å². The lowest BCUT2D eigenvalue weighted by atomic mass is 9.92. The smallest absolute Gasteiger partial charge is 0.255 e. The second kappa shape index (κ2) is 7.07. The molecule has 2 heterocycles. The van der Waals surface area contributed by atoms with Crippen LogP contribution in [0.2, 0.25) is 0 Å². The van der Waals surface area contributed by atoms with Crippen molar-refractivity contribution in [2.75, 3.05) is 0 Å². The predicted molar refractivity (Wildman–Crippen MR) is 91.3 cm³/mol. The molecule has 0 saturated heterocycles. The number of hydrogen-bond donors (Lipinski definition) is 1. The normalized spacial score (nSPS) is 20.6. The summed E-state index contributed by atoms with van der Waals surface area (Å²) in [5.74, 6) is 2.07. The van der Waals surface area contributed by atoms with Crippen molar-refractivity contribution in [1.82, 2.24) is 10.3 Å². The van der Waals surface area contributed by atoms with Crippen LogP contribution in [-0.4, -0.2) is 23.0 Å². The number of rotatable bonds is 4. The van der Waals surface area contributed by atoms with Gasteiger partial charge in [-0.2, -0.15) is 0 Å². The number of hydrogen-bond acceptors (Lipinski definition) is 4. The molecule has 2 aromatic heterocycles. The largest absolute Gasteiger partial charge is 0.474 e. The highest BCUT2D eigenvalue weighted by Crippen LogP contribution is 2.23. The third-order valence-electron chi connectivity index (χ3n) is 4.47. The Hall–Kier alpha value is -2.30. The Balaban J connectivity index is 1.49. The summed E-state index contributed by atoms with van der Waals surface area (Å²) in [6, 6.07) is 5.90. The zero-order valence-corrected chi connectivity index (χ0v) is 14.5. The quantitative estimate of drug-likeness (QED) is 0.929. The minimum Gasteiger partial charge on any atom is -0.474 e. The lowest BCUT2D eigenvalue weighted by Crippen LogP contribution is -2.39. The summed E-state index contributed by atoms with van der Waals surface area (Å²) in [6.07, 6.45) is 5.66. The van der Waals surface area contributed by atoms with E-state index in [1.54, 1.807) is 6.07 Å². The Labute approximate surface area is 142 Å². The van der Waals surface area contributed by atoms with Gasteiger partial charge in [-0.15, -0.1) is 0 Å². The summed E-state index contributed by atoms with van der Waals surface area (Å²) in [6.45, 7) is 5.68. The molecule has 1 amide bonds. The molecule has 24 heavy (non-hydrogen) atoms. The van der Waals surface area contributed by atoms with Crippen LogP contribution in [0, 0.1) is 20.8 Å². The van der Waals surface area contributed by atoms with Crippen molar-refractivity contribution < 1.29 is 13.9 Å². The third kappa shape index (κ3) is 3.96. The zero-order chi connectivity index (χ0) is 17.1. The summed E-state index contributed by atoms with van der Waals surface area (Å²) in [5, 5.41) is 3.11. The van der Waals surface area contributed by atoms with Crippen LogP contribution >= 0.6 is 0 Å². The molecule has 128 valence electrons. The zero-order valence-electron chi connectivity index (χ0n) is 14.5. The Morgan fingerprint density at radius 2 is 1.96 bits per heavy atom. The van der Waals surface area contributed by atoms with E-state index in [0.717, 1.165) is 37.0 Å². The lowest BCUT2D eigenvalue weighted by Gasteiger charge is -2.29. The van der Waals surface area contributed by atoms with Crippen LogP contribution in [-0.2, 0) is 0 Å². The maximum atomic E-state index is 12.3. The standard InChI is InChI=1S/C19H24N2O3/c1-12-4-9-18(20-11-12)24-16-7-5-15(6-8-16)21-19(22)17-10-13(2)23-14(17)3/h4,9-11,15-16H,5-8H2,1-3H3,(H,21,22). The molecule has 0 unspecified atom stereocenters. The van der Waals surface area contributed by atoms with E-state index in [0.29, 0.717) is 17.2 Å².